The fraction of sp³-hybridized carbons (Fsp3) is 0.571. The standard InChI is InChI=1S/C14H22BrN3/c1-14(2)10-18(7-6-17(14)3)13-5-4-11(9-16)8-12(13)15/h4-5,8H,6-7,9-10,16H2,1-3H3. The molecule has 1 aliphatic heterocycles. The Labute approximate surface area is 118 Å². The summed E-state index contributed by atoms with van der Waals surface area (Å²) in [6.07, 6.45) is 0. The largest absolute Gasteiger partial charge is 0.368 e. The van der Waals surface area contributed by atoms with E-state index in [2.05, 4.69) is 64.8 Å². The molecule has 0 saturated carbocycles. The second kappa shape index (κ2) is 5.19. The first kappa shape index (κ1) is 13.8. The summed E-state index contributed by atoms with van der Waals surface area (Å²) < 4.78 is 1.14. The number of nitrogens with zero attached hydrogens (tertiary/aromatic N) is 2. The van der Waals surface area contributed by atoms with Crippen LogP contribution in [0.5, 0.6) is 0 Å². The minimum atomic E-state index is 0.213. The Morgan fingerprint density at radius 1 is 1.33 bits per heavy atom. The van der Waals surface area contributed by atoms with E-state index in [1.54, 1.807) is 0 Å². The van der Waals surface area contributed by atoms with E-state index in [4.69, 9.17) is 5.73 Å². The van der Waals surface area contributed by atoms with Crippen LogP contribution in [0.15, 0.2) is 22.7 Å². The zero-order chi connectivity index (χ0) is 13.3. The lowest BCUT2D eigenvalue weighted by atomic mass is 9.99. The highest BCUT2D eigenvalue weighted by molar-refractivity contribution is 9.10. The number of rotatable bonds is 2. The number of likely N-dealkylation sites (N-methyl/N-ethyl adjacent to an activating group) is 1. The highest BCUT2D eigenvalue weighted by atomic mass is 79.9. The van der Waals surface area contributed by atoms with Crippen LogP contribution in [0.25, 0.3) is 0 Å². The highest BCUT2D eigenvalue weighted by Crippen LogP contribution is 2.31. The van der Waals surface area contributed by atoms with Crippen LogP contribution in [0.1, 0.15) is 19.4 Å². The minimum Gasteiger partial charge on any atom is -0.368 e. The number of anilines is 1. The first-order valence-electron chi connectivity index (χ1n) is 6.39. The Kier molecular flexibility index (Phi) is 3.99. The monoisotopic (exact) mass is 311 g/mol. The van der Waals surface area contributed by atoms with Gasteiger partial charge in [-0.3, -0.25) is 4.90 Å². The number of halogens is 1. The molecule has 100 valence electrons. The van der Waals surface area contributed by atoms with E-state index in [0.717, 1.165) is 24.1 Å². The maximum absolute atomic E-state index is 5.67. The van der Waals surface area contributed by atoms with Crippen molar-refractivity contribution in [2.24, 2.45) is 5.73 Å². The maximum Gasteiger partial charge on any atom is 0.0511 e. The van der Waals surface area contributed by atoms with Gasteiger partial charge in [-0.2, -0.15) is 0 Å². The predicted molar refractivity (Wildman–Crippen MR) is 81.0 cm³/mol. The van der Waals surface area contributed by atoms with Gasteiger partial charge in [0.05, 0.1) is 5.69 Å². The van der Waals surface area contributed by atoms with Gasteiger partial charge in [0.15, 0.2) is 0 Å². The Morgan fingerprint density at radius 3 is 2.61 bits per heavy atom. The Balaban J connectivity index is 2.22. The summed E-state index contributed by atoms with van der Waals surface area (Å²) in [6, 6.07) is 6.42. The lowest BCUT2D eigenvalue weighted by Crippen LogP contribution is -2.57. The van der Waals surface area contributed by atoms with Crippen molar-refractivity contribution in [2.45, 2.75) is 25.9 Å². The summed E-state index contributed by atoms with van der Waals surface area (Å²) in [7, 11) is 2.20. The van der Waals surface area contributed by atoms with Crippen molar-refractivity contribution in [3.63, 3.8) is 0 Å². The van der Waals surface area contributed by atoms with Crippen LogP contribution < -0.4 is 10.6 Å². The molecule has 0 atom stereocenters. The molecule has 18 heavy (non-hydrogen) atoms. The molecule has 2 rings (SSSR count). The third-order valence-electron chi connectivity index (χ3n) is 3.90. The second-order valence-electron chi connectivity index (χ2n) is 5.65. The molecule has 1 aliphatic rings. The molecule has 1 aromatic rings. The summed E-state index contributed by atoms with van der Waals surface area (Å²) >= 11 is 3.67. The fourth-order valence-electron chi connectivity index (χ4n) is 2.38. The highest BCUT2D eigenvalue weighted by Gasteiger charge is 2.31. The van der Waals surface area contributed by atoms with Gasteiger partial charge >= 0.3 is 0 Å². The van der Waals surface area contributed by atoms with Crippen molar-refractivity contribution < 1.29 is 0 Å². The summed E-state index contributed by atoms with van der Waals surface area (Å²) in [4.78, 5) is 4.87. The zero-order valence-corrected chi connectivity index (χ0v) is 13.0. The number of piperazine rings is 1. The van der Waals surface area contributed by atoms with Gasteiger partial charge in [-0.05, 0) is 54.5 Å². The molecule has 0 spiro atoms. The number of nitrogens with two attached hydrogens (primary N) is 1. The van der Waals surface area contributed by atoms with Gasteiger partial charge in [0.2, 0.25) is 0 Å². The molecule has 0 aromatic heterocycles. The molecule has 3 nitrogen and oxygen atoms in total. The van der Waals surface area contributed by atoms with Crippen molar-refractivity contribution >= 4 is 21.6 Å². The quantitative estimate of drug-likeness (QED) is 0.910. The lowest BCUT2D eigenvalue weighted by molar-refractivity contribution is 0.139. The lowest BCUT2D eigenvalue weighted by Gasteiger charge is -2.46. The summed E-state index contributed by atoms with van der Waals surface area (Å²) in [6.45, 7) is 8.39. The summed E-state index contributed by atoms with van der Waals surface area (Å²) in [5.41, 5.74) is 8.32. The van der Waals surface area contributed by atoms with E-state index in [1.807, 2.05) is 0 Å². The Hall–Kier alpha value is -0.580. The number of benzene rings is 1. The molecule has 1 aromatic carbocycles. The topological polar surface area (TPSA) is 32.5 Å². The number of hydrogen-bond acceptors (Lipinski definition) is 3. The smallest absolute Gasteiger partial charge is 0.0511 e. The SMILES string of the molecule is CN1CCN(c2ccc(CN)cc2Br)CC1(C)C. The Bertz CT molecular complexity index is 431. The molecular weight excluding hydrogens is 290 g/mol. The van der Waals surface area contributed by atoms with Crippen molar-refractivity contribution in [1.82, 2.24) is 4.90 Å². The van der Waals surface area contributed by atoms with Crippen LogP contribution >= 0.6 is 15.9 Å². The van der Waals surface area contributed by atoms with Crippen LogP contribution in [0.3, 0.4) is 0 Å². The summed E-state index contributed by atoms with van der Waals surface area (Å²) in [5, 5.41) is 0. The predicted octanol–water partition coefficient (Wildman–Crippen LogP) is 2.44. The molecule has 0 radical (unpaired) electrons. The van der Waals surface area contributed by atoms with Crippen LogP contribution in [0.4, 0.5) is 5.69 Å². The van der Waals surface area contributed by atoms with Gasteiger partial charge in [0.25, 0.3) is 0 Å². The third-order valence-corrected chi connectivity index (χ3v) is 4.54. The molecule has 0 amide bonds. The van der Waals surface area contributed by atoms with Gasteiger partial charge in [-0.25, -0.2) is 0 Å². The van der Waals surface area contributed by atoms with Gasteiger partial charge in [0, 0.05) is 36.2 Å². The normalized spacial score (nSPS) is 20.2. The molecular formula is C14H22BrN3. The van der Waals surface area contributed by atoms with E-state index in [9.17, 15) is 0 Å². The molecule has 1 fully saturated rings. The van der Waals surface area contributed by atoms with Crippen molar-refractivity contribution in [1.29, 1.82) is 0 Å². The van der Waals surface area contributed by atoms with Crippen molar-refractivity contribution in [3.05, 3.63) is 28.2 Å². The second-order valence-corrected chi connectivity index (χ2v) is 6.50. The molecule has 1 heterocycles. The molecule has 0 aliphatic carbocycles. The number of hydrogen-bond donors (Lipinski definition) is 1. The van der Waals surface area contributed by atoms with E-state index in [1.165, 1.54) is 11.3 Å². The molecule has 0 unspecified atom stereocenters. The van der Waals surface area contributed by atoms with E-state index in [0.29, 0.717) is 6.54 Å². The first-order chi connectivity index (χ1) is 8.44. The molecule has 4 heteroatoms. The Morgan fingerprint density at radius 2 is 2.06 bits per heavy atom. The van der Waals surface area contributed by atoms with Gasteiger partial charge in [-0.15, -0.1) is 0 Å². The van der Waals surface area contributed by atoms with Crippen LogP contribution in [0.2, 0.25) is 0 Å². The van der Waals surface area contributed by atoms with E-state index in [-0.39, 0.29) is 5.54 Å². The van der Waals surface area contributed by atoms with Gasteiger partial charge in [-0.1, -0.05) is 6.07 Å². The zero-order valence-electron chi connectivity index (χ0n) is 11.4. The van der Waals surface area contributed by atoms with Gasteiger partial charge < -0.3 is 10.6 Å². The van der Waals surface area contributed by atoms with E-state index < -0.39 is 0 Å². The molecule has 1 saturated heterocycles. The van der Waals surface area contributed by atoms with Crippen LogP contribution in [0, 0.1) is 0 Å². The van der Waals surface area contributed by atoms with Crippen molar-refractivity contribution in [3.8, 4) is 0 Å². The van der Waals surface area contributed by atoms with Crippen LogP contribution in [-0.4, -0.2) is 37.1 Å². The van der Waals surface area contributed by atoms with E-state index >= 15 is 0 Å². The minimum absolute atomic E-state index is 0.213. The molecule has 0 bridgehead atoms. The van der Waals surface area contributed by atoms with Crippen LogP contribution in [-0.2, 0) is 6.54 Å². The average Bonchev–Trinajstić information content (AvgIpc) is 2.32. The maximum atomic E-state index is 5.67. The van der Waals surface area contributed by atoms with Crippen molar-refractivity contribution in [2.75, 3.05) is 31.6 Å². The molecule has 2 N–H and O–H groups in total. The fourth-order valence-corrected chi connectivity index (χ4v) is 3.06. The summed E-state index contributed by atoms with van der Waals surface area (Å²) in [5.74, 6) is 0. The first-order valence-corrected chi connectivity index (χ1v) is 7.18. The third kappa shape index (κ3) is 2.71. The van der Waals surface area contributed by atoms with Gasteiger partial charge in [0.1, 0.15) is 0 Å². The average molecular weight is 312 g/mol.